The third-order valence-electron chi connectivity index (χ3n) is 3.37. The molecule has 0 aromatic heterocycles. The second-order valence-corrected chi connectivity index (χ2v) is 5.61. The minimum absolute atomic E-state index is 0.114. The fraction of sp³-hybridized carbons (Fsp3) is 0.176. The van der Waals surface area contributed by atoms with E-state index in [2.05, 4.69) is 16.2 Å². The van der Waals surface area contributed by atoms with Crippen molar-refractivity contribution in [3.05, 3.63) is 65.0 Å². The number of para-hydroxylation sites is 1. The van der Waals surface area contributed by atoms with Crippen LogP contribution < -0.4 is 16.2 Å². The Hall–Kier alpha value is -2.47. The van der Waals surface area contributed by atoms with E-state index in [-0.39, 0.29) is 23.1 Å². The molecule has 0 atom stereocenters. The number of hydrazine groups is 1. The van der Waals surface area contributed by atoms with E-state index in [0.717, 1.165) is 11.1 Å². The Bertz CT molecular complexity index is 734. The molecule has 0 unspecified atom stereocenters. The van der Waals surface area contributed by atoms with Crippen molar-refractivity contribution in [1.82, 2.24) is 10.9 Å². The second kappa shape index (κ2) is 7.69. The number of rotatable bonds is 3. The first-order chi connectivity index (χ1) is 11.0. The highest BCUT2D eigenvalue weighted by atomic mass is 32.1. The van der Waals surface area contributed by atoms with Crippen molar-refractivity contribution < 1.29 is 9.18 Å². The lowest BCUT2D eigenvalue weighted by atomic mass is 10.0. The average Bonchev–Trinajstić information content (AvgIpc) is 2.51. The summed E-state index contributed by atoms with van der Waals surface area (Å²) in [4.78, 5) is 11.9. The summed E-state index contributed by atoms with van der Waals surface area (Å²) in [7, 11) is 0. The van der Waals surface area contributed by atoms with Crippen LogP contribution in [0, 0.1) is 19.7 Å². The van der Waals surface area contributed by atoms with Crippen LogP contribution in [0.1, 0.15) is 16.7 Å². The van der Waals surface area contributed by atoms with Crippen molar-refractivity contribution in [1.29, 1.82) is 0 Å². The number of thiocarbonyl (C=S) groups is 1. The summed E-state index contributed by atoms with van der Waals surface area (Å²) in [5.41, 5.74) is 8.53. The molecule has 0 spiro atoms. The average molecular weight is 331 g/mol. The molecule has 0 saturated heterocycles. The number of hydrogen-bond acceptors (Lipinski definition) is 2. The number of halogens is 1. The van der Waals surface area contributed by atoms with E-state index in [1.807, 2.05) is 32.0 Å². The molecule has 4 nitrogen and oxygen atoms in total. The number of anilines is 1. The van der Waals surface area contributed by atoms with Gasteiger partial charge in [-0.05, 0) is 54.9 Å². The fourth-order valence-electron chi connectivity index (χ4n) is 1.99. The van der Waals surface area contributed by atoms with Gasteiger partial charge in [-0.25, -0.2) is 4.39 Å². The van der Waals surface area contributed by atoms with Gasteiger partial charge in [0.15, 0.2) is 5.11 Å². The first-order valence-electron chi connectivity index (χ1n) is 7.12. The molecule has 0 heterocycles. The maximum absolute atomic E-state index is 13.5. The molecule has 0 saturated carbocycles. The van der Waals surface area contributed by atoms with Crippen LogP contribution in [0.4, 0.5) is 10.1 Å². The van der Waals surface area contributed by atoms with Crippen LogP contribution in [-0.2, 0) is 11.2 Å². The van der Waals surface area contributed by atoms with Gasteiger partial charge in [0.25, 0.3) is 0 Å². The normalized spacial score (nSPS) is 10.0. The lowest BCUT2D eigenvalue weighted by molar-refractivity contribution is -0.120. The van der Waals surface area contributed by atoms with Gasteiger partial charge in [-0.15, -0.1) is 0 Å². The quantitative estimate of drug-likeness (QED) is 0.598. The molecule has 2 rings (SSSR count). The van der Waals surface area contributed by atoms with Crippen molar-refractivity contribution in [3.63, 3.8) is 0 Å². The molecule has 0 bridgehead atoms. The van der Waals surface area contributed by atoms with Gasteiger partial charge >= 0.3 is 0 Å². The van der Waals surface area contributed by atoms with E-state index < -0.39 is 5.82 Å². The number of amides is 1. The van der Waals surface area contributed by atoms with Crippen LogP contribution in [-0.4, -0.2) is 11.0 Å². The van der Waals surface area contributed by atoms with Crippen LogP contribution in [0.15, 0.2) is 42.5 Å². The zero-order chi connectivity index (χ0) is 16.8. The summed E-state index contributed by atoms with van der Waals surface area (Å²) in [6.45, 7) is 4.02. The van der Waals surface area contributed by atoms with Crippen molar-refractivity contribution in [3.8, 4) is 0 Å². The molecule has 0 fully saturated rings. The second-order valence-electron chi connectivity index (χ2n) is 5.20. The molecule has 23 heavy (non-hydrogen) atoms. The highest BCUT2D eigenvalue weighted by Crippen LogP contribution is 2.12. The van der Waals surface area contributed by atoms with Crippen LogP contribution in [0.3, 0.4) is 0 Å². The zero-order valence-corrected chi connectivity index (χ0v) is 13.8. The van der Waals surface area contributed by atoms with E-state index in [9.17, 15) is 9.18 Å². The molecule has 0 radical (unpaired) electrons. The van der Waals surface area contributed by atoms with Crippen molar-refractivity contribution in [2.24, 2.45) is 0 Å². The van der Waals surface area contributed by atoms with E-state index in [0.29, 0.717) is 0 Å². The SMILES string of the molecule is Cc1ccc(CC(=O)NNC(=S)Nc2ccccc2F)cc1C. The largest absolute Gasteiger partial charge is 0.329 e. The summed E-state index contributed by atoms with van der Waals surface area (Å²) < 4.78 is 13.5. The molecule has 0 aliphatic rings. The molecule has 3 N–H and O–H groups in total. The van der Waals surface area contributed by atoms with Gasteiger partial charge in [-0.1, -0.05) is 30.3 Å². The number of nitrogens with one attached hydrogen (secondary N) is 3. The summed E-state index contributed by atoms with van der Waals surface area (Å²) >= 11 is 5.01. The summed E-state index contributed by atoms with van der Waals surface area (Å²) in [6, 6.07) is 12.0. The first kappa shape index (κ1) is 16.9. The molecular formula is C17H18FN3OS. The van der Waals surface area contributed by atoms with Crippen LogP contribution >= 0.6 is 12.2 Å². The smallest absolute Gasteiger partial charge is 0.242 e. The first-order valence-corrected chi connectivity index (χ1v) is 7.53. The third-order valence-corrected chi connectivity index (χ3v) is 3.58. The van der Waals surface area contributed by atoms with Crippen LogP contribution in [0.2, 0.25) is 0 Å². The van der Waals surface area contributed by atoms with E-state index in [1.165, 1.54) is 11.6 Å². The molecule has 2 aromatic carbocycles. The Labute approximate surface area is 140 Å². The van der Waals surface area contributed by atoms with E-state index >= 15 is 0 Å². The Morgan fingerprint density at radius 3 is 2.52 bits per heavy atom. The van der Waals surface area contributed by atoms with E-state index in [4.69, 9.17) is 12.2 Å². The summed E-state index contributed by atoms with van der Waals surface area (Å²) in [5.74, 6) is -0.649. The summed E-state index contributed by atoms with van der Waals surface area (Å²) in [6.07, 6.45) is 0.233. The van der Waals surface area contributed by atoms with Gasteiger partial charge in [-0.3, -0.25) is 15.6 Å². The Morgan fingerprint density at radius 2 is 1.83 bits per heavy atom. The molecule has 2 aromatic rings. The molecule has 1 amide bonds. The lowest BCUT2D eigenvalue weighted by Crippen LogP contribution is -2.44. The topological polar surface area (TPSA) is 53.2 Å². The van der Waals surface area contributed by atoms with Gasteiger partial charge in [0.1, 0.15) is 5.82 Å². The number of carbonyl (C=O) groups excluding carboxylic acids is 1. The highest BCUT2D eigenvalue weighted by molar-refractivity contribution is 7.80. The standard InChI is InChI=1S/C17H18FN3OS/c1-11-7-8-13(9-12(11)2)10-16(22)20-21-17(23)19-15-6-4-3-5-14(15)18/h3-9H,10H2,1-2H3,(H,20,22)(H2,19,21,23). The van der Waals surface area contributed by atoms with E-state index in [1.54, 1.807) is 18.2 Å². The molecule has 0 aliphatic carbocycles. The predicted octanol–water partition coefficient (Wildman–Crippen LogP) is 3.00. The van der Waals surface area contributed by atoms with Gasteiger partial charge in [0.05, 0.1) is 12.1 Å². The minimum Gasteiger partial charge on any atom is -0.329 e. The maximum Gasteiger partial charge on any atom is 0.242 e. The Balaban J connectivity index is 1.83. The predicted molar refractivity (Wildman–Crippen MR) is 93.5 cm³/mol. The maximum atomic E-state index is 13.5. The number of carbonyl (C=O) groups is 1. The fourth-order valence-corrected chi connectivity index (χ4v) is 2.15. The van der Waals surface area contributed by atoms with Gasteiger partial charge in [0.2, 0.25) is 5.91 Å². The van der Waals surface area contributed by atoms with Crippen molar-refractivity contribution in [2.75, 3.05) is 5.32 Å². The third kappa shape index (κ3) is 5.03. The molecule has 6 heteroatoms. The molecule has 0 aliphatic heterocycles. The monoisotopic (exact) mass is 331 g/mol. The van der Waals surface area contributed by atoms with Gasteiger partial charge < -0.3 is 5.32 Å². The Morgan fingerprint density at radius 1 is 1.09 bits per heavy atom. The van der Waals surface area contributed by atoms with Crippen molar-refractivity contribution >= 4 is 28.9 Å². The highest BCUT2D eigenvalue weighted by Gasteiger charge is 2.06. The minimum atomic E-state index is -0.418. The zero-order valence-electron chi connectivity index (χ0n) is 12.9. The lowest BCUT2D eigenvalue weighted by Gasteiger charge is -2.12. The van der Waals surface area contributed by atoms with Crippen LogP contribution in [0.25, 0.3) is 0 Å². The number of hydrogen-bond donors (Lipinski definition) is 3. The van der Waals surface area contributed by atoms with Crippen molar-refractivity contribution in [2.45, 2.75) is 20.3 Å². The summed E-state index contributed by atoms with van der Waals surface area (Å²) in [5, 5.41) is 2.79. The van der Waals surface area contributed by atoms with Gasteiger partial charge in [-0.2, -0.15) is 0 Å². The number of aryl methyl sites for hydroxylation is 2. The number of benzene rings is 2. The molecule has 120 valence electrons. The van der Waals surface area contributed by atoms with Gasteiger partial charge in [0, 0.05) is 0 Å². The Kier molecular flexibility index (Phi) is 5.65. The van der Waals surface area contributed by atoms with Crippen LogP contribution in [0.5, 0.6) is 0 Å². The molecular weight excluding hydrogens is 313 g/mol.